The van der Waals surface area contributed by atoms with E-state index in [0.29, 0.717) is 0 Å². The van der Waals surface area contributed by atoms with Crippen LogP contribution in [0.1, 0.15) is 30.2 Å². The molecule has 0 aliphatic rings. The fourth-order valence-electron chi connectivity index (χ4n) is 2.04. The molecule has 0 aliphatic carbocycles. The maximum atomic E-state index is 9.35. The van der Waals surface area contributed by atoms with Crippen molar-refractivity contribution in [2.24, 2.45) is 0 Å². The van der Waals surface area contributed by atoms with E-state index < -0.39 is 0 Å². The molecule has 0 aliphatic heterocycles. The molecule has 2 aromatic heterocycles. The number of aryl methyl sites for hydroxylation is 1. The number of hydrogen-bond acceptors (Lipinski definition) is 4. The number of aliphatic hydroxyl groups excluding tert-OH is 1. The molecule has 0 aromatic carbocycles. The highest BCUT2D eigenvalue weighted by atomic mass is 32.1. The maximum Gasteiger partial charge on any atom is 0.129 e. The van der Waals surface area contributed by atoms with Crippen LogP contribution in [-0.4, -0.2) is 17.1 Å². The summed E-state index contributed by atoms with van der Waals surface area (Å²) in [7, 11) is 2.04. The Balaban J connectivity index is 2.19. The number of aliphatic hydroxyl groups is 1. The molecule has 2 aromatic rings. The molecule has 2 rings (SSSR count). The second-order valence-electron chi connectivity index (χ2n) is 4.72. The van der Waals surface area contributed by atoms with E-state index in [1.165, 1.54) is 5.56 Å². The van der Waals surface area contributed by atoms with Gasteiger partial charge in [-0.1, -0.05) is 13.3 Å². The largest absolute Gasteiger partial charge is 0.392 e. The molecule has 4 heteroatoms. The van der Waals surface area contributed by atoms with E-state index in [1.807, 2.05) is 19.2 Å². The number of hydrogen-bond donors (Lipinski definition) is 1. The Bertz CT molecular complexity index is 511. The third kappa shape index (κ3) is 3.78. The summed E-state index contributed by atoms with van der Waals surface area (Å²) in [4.78, 5) is 6.80. The van der Waals surface area contributed by atoms with Gasteiger partial charge < -0.3 is 10.0 Å². The second-order valence-corrected chi connectivity index (χ2v) is 5.50. The number of nitrogens with zero attached hydrogens (tertiary/aromatic N) is 2. The second kappa shape index (κ2) is 6.68. The minimum atomic E-state index is 0.0680. The van der Waals surface area contributed by atoms with Gasteiger partial charge in [0, 0.05) is 19.3 Å². The Labute approximate surface area is 118 Å². The summed E-state index contributed by atoms with van der Waals surface area (Å²) in [6.45, 7) is 3.05. The summed E-state index contributed by atoms with van der Waals surface area (Å²) in [5, 5.41) is 13.6. The van der Waals surface area contributed by atoms with Gasteiger partial charge in [0.2, 0.25) is 0 Å². The van der Waals surface area contributed by atoms with Gasteiger partial charge >= 0.3 is 0 Å². The van der Waals surface area contributed by atoms with Crippen LogP contribution in [0.15, 0.2) is 29.0 Å². The predicted octanol–water partition coefficient (Wildman–Crippen LogP) is 3.22. The molecule has 0 fully saturated rings. The minimum absolute atomic E-state index is 0.0680. The summed E-state index contributed by atoms with van der Waals surface area (Å²) in [5.41, 5.74) is 3.28. The Morgan fingerprint density at radius 2 is 2.16 bits per heavy atom. The average molecular weight is 276 g/mol. The Hall–Kier alpha value is -1.39. The van der Waals surface area contributed by atoms with Gasteiger partial charge in [-0.25, -0.2) is 4.98 Å². The van der Waals surface area contributed by atoms with E-state index in [-0.39, 0.29) is 6.61 Å². The lowest BCUT2D eigenvalue weighted by molar-refractivity contribution is 0.281. The summed E-state index contributed by atoms with van der Waals surface area (Å²) in [5.74, 6) is 0.932. The molecular weight excluding hydrogens is 256 g/mol. The third-order valence-corrected chi connectivity index (χ3v) is 3.74. The standard InChI is InChI=1S/C15H20N2OS/c1-3-4-14-7-13(10-18)8-15(16-14)17(2)9-12-5-6-19-11-12/h5-8,11,18H,3-4,9-10H2,1-2H3. The quantitative estimate of drug-likeness (QED) is 0.880. The van der Waals surface area contributed by atoms with Crippen LogP contribution in [0.5, 0.6) is 0 Å². The Kier molecular flexibility index (Phi) is 4.93. The highest BCUT2D eigenvalue weighted by Gasteiger charge is 2.07. The van der Waals surface area contributed by atoms with E-state index in [2.05, 4.69) is 33.6 Å². The van der Waals surface area contributed by atoms with E-state index in [9.17, 15) is 5.11 Å². The zero-order valence-electron chi connectivity index (χ0n) is 11.5. The number of aromatic nitrogens is 1. The molecule has 0 saturated carbocycles. The van der Waals surface area contributed by atoms with E-state index in [1.54, 1.807) is 11.3 Å². The van der Waals surface area contributed by atoms with Gasteiger partial charge in [-0.3, -0.25) is 0 Å². The SMILES string of the molecule is CCCc1cc(CO)cc(N(C)Cc2ccsc2)n1. The average Bonchev–Trinajstić information content (AvgIpc) is 2.91. The van der Waals surface area contributed by atoms with E-state index in [4.69, 9.17) is 0 Å². The monoisotopic (exact) mass is 276 g/mol. The summed E-state index contributed by atoms with van der Waals surface area (Å²) < 4.78 is 0. The smallest absolute Gasteiger partial charge is 0.129 e. The summed E-state index contributed by atoms with van der Waals surface area (Å²) >= 11 is 1.71. The van der Waals surface area contributed by atoms with Crippen molar-refractivity contribution in [3.8, 4) is 0 Å². The molecule has 0 bridgehead atoms. The molecule has 0 spiro atoms. The molecule has 1 N–H and O–H groups in total. The van der Waals surface area contributed by atoms with Crippen molar-refractivity contribution in [1.82, 2.24) is 4.98 Å². The van der Waals surface area contributed by atoms with Gasteiger partial charge in [0.25, 0.3) is 0 Å². The van der Waals surface area contributed by atoms with E-state index >= 15 is 0 Å². The third-order valence-electron chi connectivity index (χ3n) is 3.00. The highest BCUT2D eigenvalue weighted by molar-refractivity contribution is 7.07. The number of thiophene rings is 1. The van der Waals surface area contributed by atoms with Gasteiger partial charge in [0.1, 0.15) is 5.82 Å². The number of anilines is 1. The first-order valence-electron chi connectivity index (χ1n) is 6.56. The normalized spacial score (nSPS) is 10.7. The van der Waals surface area contributed by atoms with Crippen LogP contribution >= 0.6 is 11.3 Å². The first-order valence-corrected chi connectivity index (χ1v) is 7.50. The minimum Gasteiger partial charge on any atom is -0.392 e. The molecule has 0 unspecified atom stereocenters. The van der Waals surface area contributed by atoms with Crippen LogP contribution < -0.4 is 4.90 Å². The molecule has 0 saturated heterocycles. The van der Waals surface area contributed by atoms with Crippen molar-refractivity contribution >= 4 is 17.2 Å². The van der Waals surface area contributed by atoms with Gasteiger partial charge in [0.15, 0.2) is 0 Å². The van der Waals surface area contributed by atoms with Crippen LogP contribution in [-0.2, 0) is 19.6 Å². The molecular formula is C15H20N2OS. The molecule has 19 heavy (non-hydrogen) atoms. The Morgan fingerprint density at radius 3 is 2.79 bits per heavy atom. The van der Waals surface area contributed by atoms with Gasteiger partial charge in [-0.15, -0.1) is 0 Å². The van der Waals surface area contributed by atoms with Crippen molar-refractivity contribution < 1.29 is 5.11 Å². The van der Waals surface area contributed by atoms with Gasteiger partial charge in [-0.05, 0) is 46.5 Å². The van der Waals surface area contributed by atoms with Gasteiger partial charge in [0.05, 0.1) is 6.61 Å². The molecule has 0 amide bonds. The van der Waals surface area contributed by atoms with Crippen LogP contribution in [0.4, 0.5) is 5.82 Å². The number of rotatable bonds is 6. The van der Waals surface area contributed by atoms with Crippen molar-refractivity contribution in [2.75, 3.05) is 11.9 Å². The van der Waals surface area contributed by atoms with Crippen LogP contribution in [0.25, 0.3) is 0 Å². The summed E-state index contributed by atoms with van der Waals surface area (Å²) in [6.07, 6.45) is 2.02. The maximum absolute atomic E-state index is 9.35. The first-order chi connectivity index (χ1) is 9.22. The highest BCUT2D eigenvalue weighted by Crippen LogP contribution is 2.18. The van der Waals surface area contributed by atoms with Crippen molar-refractivity contribution in [2.45, 2.75) is 32.9 Å². The molecule has 2 heterocycles. The van der Waals surface area contributed by atoms with Crippen LogP contribution in [0.3, 0.4) is 0 Å². The van der Waals surface area contributed by atoms with Crippen LogP contribution in [0, 0.1) is 0 Å². The molecule has 0 radical (unpaired) electrons. The molecule has 0 atom stereocenters. The topological polar surface area (TPSA) is 36.4 Å². The van der Waals surface area contributed by atoms with Crippen molar-refractivity contribution in [3.05, 3.63) is 45.8 Å². The summed E-state index contributed by atoms with van der Waals surface area (Å²) in [6, 6.07) is 6.08. The van der Waals surface area contributed by atoms with Crippen molar-refractivity contribution in [3.63, 3.8) is 0 Å². The fraction of sp³-hybridized carbons (Fsp3) is 0.400. The van der Waals surface area contributed by atoms with Crippen LogP contribution in [0.2, 0.25) is 0 Å². The zero-order chi connectivity index (χ0) is 13.7. The lowest BCUT2D eigenvalue weighted by Crippen LogP contribution is -2.18. The number of pyridine rings is 1. The molecule has 102 valence electrons. The van der Waals surface area contributed by atoms with E-state index in [0.717, 1.165) is 36.5 Å². The van der Waals surface area contributed by atoms with Crippen molar-refractivity contribution in [1.29, 1.82) is 0 Å². The zero-order valence-corrected chi connectivity index (χ0v) is 12.3. The fourth-order valence-corrected chi connectivity index (χ4v) is 2.70. The lowest BCUT2D eigenvalue weighted by atomic mass is 10.1. The van der Waals surface area contributed by atoms with Gasteiger partial charge in [-0.2, -0.15) is 11.3 Å². The predicted molar refractivity (Wildman–Crippen MR) is 80.6 cm³/mol. The first kappa shape index (κ1) is 14.0. The molecule has 3 nitrogen and oxygen atoms in total. The lowest BCUT2D eigenvalue weighted by Gasteiger charge is -2.19. The Morgan fingerprint density at radius 1 is 1.32 bits per heavy atom.